The number of halogens is 3. The maximum atomic E-state index is 13.8. The molecule has 0 saturated carbocycles. The first kappa shape index (κ1) is 15.9. The van der Waals surface area contributed by atoms with Crippen molar-refractivity contribution in [2.24, 2.45) is 10.2 Å². The van der Waals surface area contributed by atoms with Crippen LogP contribution in [0.2, 0.25) is 0 Å². The summed E-state index contributed by atoms with van der Waals surface area (Å²) in [5, 5.41) is 7.32. The molecule has 0 saturated heterocycles. The van der Waals surface area contributed by atoms with Crippen LogP contribution in [-0.2, 0) is 6.42 Å². The molecule has 0 aliphatic rings. The molecule has 0 bridgehead atoms. The zero-order valence-corrected chi connectivity index (χ0v) is 12.1. The summed E-state index contributed by atoms with van der Waals surface area (Å²) in [6.45, 7) is 1.94. The van der Waals surface area contributed by atoms with Gasteiger partial charge in [-0.3, -0.25) is 0 Å². The Morgan fingerprint density at radius 1 is 0.909 bits per heavy atom. The van der Waals surface area contributed by atoms with Crippen molar-refractivity contribution in [3.8, 4) is 0 Å². The van der Waals surface area contributed by atoms with Gasteiger partial charge < -0.3 is 0 Å². The van der Waals surface area contributed by atoms with Gasteiger partial charge in [-0.25, -0.2) is 13.2 Å². The van der Waals surface area contributed by atoms with Crippen LogP contribution < -0.4 is 0 Å². The van der Waals surface area contributed by atoms with Crippen LogP contribution in [0.5, 0.6) is 0 Å². The molecule has 0 radical (unpaired) electrons. The van der Waals surface area contributed by atoms with E-state index in [-0.39, 0.29) is 11.4 Å². The number of nitrogens with zero attached hydrogens (tertiary/aromatic N) is 2. The van der Waals surface area contributed by atoms with Gasteiger partial charge in [0.05, 0.1) is 18.0 Å². The van der Waals surface area contributed by atoms with Crippen molar-refractivity contribution in [2.75, 3.05) is 0 Å². The van der Waals surface area contributed by atoms with E-state index in [0.717, 1.165) is 12.6 Å². The summed E-state index contributed by atoms with van der Waals surface area (Å²) in [5.74, 6) is -1.68. The van der Waals surface area contributed by atoms with Crippen molar-refractivity contribution >= 4 is 12.4 Å². The molecule has 2 aromatic carbocycles. The van der Waals surface area contributed by atoms with E-state index in [0.29, 0.717) is 17.5 Å². The van der Waals surface area contributed by atoms with Gasteiger partial charge in [-0.2, -0.15) is 10.2 Å². The first-order valence-corrected chi connectivity index (χ1v) is 6.90. The molecule has 0 unspecified atom stereocenters. The Bertz CT molecular complexity index is 669. The smallest absolute Gasteiger partial charge is 0.135 e. The minimum atomic E-state index is -0.663. The lowest BCUT2D eigenvalue weighted by atomic mass is 10.1. The molecule has 0 aliphatic heterocycles. The van der Waals surface area contributed by atoms with Crippen LogP contribution in [0.15, 0.2) is 46.6 Å². The van der Waals surface area contributed by atoms with Crippen molar-refractivity contribution in [1.82, 2.24) is 0 Å². The highest BCUT2D eigenvalue weighted by Crippen LogP contribution is 2.15. The molecule has 0 aliphatic carbocycles. The molecule has 0 spiro atoms. The van der Waals surface area contributed by atoms with Gasteiger partial charge >= 0.3 is 0 Å². The van der Waals surface area contributed by atoms with Crippen molar-refractivity contribution in [3.63, 3.8) is 0 Å². The maximum Gasteiger partial charge on any atom is 0.135 e. The number of benzene rings is 2. The van der Waals surface area contributed by atoms with E-state index in [1.165, 1.54) is 42.6 Å². The van der Waals surface area contributed by atoms with Crippen LogP contribution in [0.4, 0.5) is 13.2 Å². The molecule has 2 nitrogen and oxygen atoms in total. The summed E-state index contributed by atoms with van der Waals surface area (Å²) < 4.78 is 40.3. The summed E-state index contributed by atoms with van der Waals surface area (Å²) in [6, 6.07) is 8.23. The topological polar surface area (TPSA) is 24.7 Å². The molecule has 114 valence electrons. The van der Waals surface area contributed by atoms with E-state index in [4.69, 9.17) is 0 Å². The molecule has 0 fully saturated rings. The quantitative estimate of drug-likeness (QED) is 0.573. The van der Waals surface area contributed by atoms with Gasteiger partial charge in [0.25, 0.3) is 0 Å². The first-order valence-electron chi connectivity index (χ1n) is 6.90. The van der Waals surface area contributed by atoms with E-state index < -0.39 is 11.6 Å². The largest absolute Gasteiger partial charge is 0.207 e. The second kappa shape index (κ2) is 7.54. The fraction of sp³-hybridized carbons (Fsp3) is 0.176. The molecule has 2 aromatic rings. The molecule has 22 heavy (non-hydrogen) atoms. The molecule has 0 N–H and O–H groups in total. The van der Waals surface area contributed by atoms with E-state index >= 15 is 0 Å². The first-order chi connectivity index (χ1) is 10.6. The number of hydrogen-bond donors (Lipinski definition) is 0. The van der Waals surface area contributed by atoms with Crippen LogP contribution in [0.1, 0.15) is 30.0 Å². The third-order valence-electron chi connectivity index (χ3n) is 3.01. The fourth-order valence-corrected chi connectivity index (χ4v) is 1.93. The highest BCUT2D eigenvalue weighted by molar-refractivity contribution is 5.83. The van der Waals surface area contributed by atoms with E-state index in [2.05, 4.69) is 10.2 Å². The summed E-state index contributed by atoms with van der Waals surface area (Å²) in [7, 11) is 0. The van der Waals surface area contributed by atoms with Crippen LogP contribution in [0.25, 0.3) is 0 Å². The third kappa shape index (κ3) is 4.28. The third-order valence-corrected chi connectivity index (χ3v) is 3.01. The maximum absolute atomic E-state index is 13.8. The second-order valence-corrected chi connectivity index (χ2v) is 4.76. The van der Waals surface area contributed by atoms with Crippen molar-refractivity contribution < 1.29 is 13.2 Å². The van der Waals surface area contributed by atoms with Crippen LogP contribution in [0.3, 0.4) is 0 Å². The van der Waals surface area contributed by atoms with Crippen LogP contribution in [0, 0.1) is 17.5 Å². The van der Waals surface area contributed by atoms with Gasteiger partial charge in [0, 0.05) is 0 Å². The van der Waals surface area contributed by atoms with Gasteiger partial charge in [-0.05, 0) is 41.8 Å². The Hall–Kier alpha value is -2.43. The number of hydrogen-bond acceptors (Lipinski definition) is 2. The van der Waals surface area contributed by atoms with Crippen LogP contribution >= 0.6 is 0 Å². The molecule has 0 atom stereocenters. The molecule has 5 heteroatoms. The molecule has 0 aromatic heterocycles. The van der Waals surface area contributed by atoms with Gasteiger partial charge in [-0.15, -0.1) is 0 Å². The van der Waals surface area contributed by atoms with Crippen molar-refractivity contribution in [2.45, 2.75) is 19.8 Å². The lowest BCUT2D eigenvalue weighted by molar-refractivity contribution is 0.576. The SMILES string of the molecule is CCCc1cc(F)c(/C=N/N=C/c2ccc(F)cc2)c(F)c1. The molecule has 0 amide bonds. The Morgan fingerprint density at radius 2 is 1.50 bits per heavy atom. The predicted octanol–water partition coefficient (Wildman–Crippen LogP) is 4.51. The van der Waals surface area contributed by atoms with Gasteiger partial charge in [0.15, 0.2) is 0 Å². The Morgan fingerprint density at radius 3 is 2.09 bits per heavy atom. The summed E-state index contributed by atoms with van der Waals surface area (Å²) in [4.78, 5) is 0. The molecular weight excluding hydrogens is 289 g/mol. The minimum absolute atomic E-state index is 0.226. The number of rotatable bonds is 5. The fourth-order valence-electron chi connectivity index (χ4n) is 1.93. The summed E-state index contributed by atoms with van der Waals surface area (Å²) in [6.07, 6.45) is 3.83. The minimum Gasteiger partial charge on any atom is -0.207 e. The molecule has 2 rings (SSSR count). The average Bonchev–Trinajstić information content (AvgIpc) is 2.48. The second-order valence-electron chi connectivity index (χ2n) is 4.76. The average molecular weight is 304 g/mol. The van der Waals surface area contributed by atoms with Crippen molar-refractivity contribution in [1.29, 1.82) is 0 Å². The zero-order chi connectivity index (χ0) is 15.9. The summed E-state index contributed by atoms with van der Waals surface area (Å²) >= 11 is 0. The van der Waals surface area contributed by atoms with E-state index in [1.807, 2.05) is 6.92 Å². The summed E-state index contributed by atoms with van der Waals surface area (Å²) in [5.41, 5.74) is 1.03. The van der Waals surface area contributed by atoms with E-state index in [9.17, 15) is 13.2 Å². The van der Waals surface area contributed by atoms with Gasteiger partial charge in [0.2, 0.25) is 0 Å². The van der Waals surface area contributed by atoms with E-state index in [1.54, 1.807) is 0 Å². The predicted molar refractivity (Wildman–Crippen MR) is 81.9 cm³/mol. The Balaban J connectivity index is 2.11. The Labute approximate surface area is 127 Å². The highest BCUT2D eigenvalue weighted by Gasteiger charge is 2.08. The van der Waals surface area contributed by atoms with Gasteiger partial charge in [0.1, 0.15) is 17.5 Å². The lowest BCUT2D eigenvalue weighted by Crippen LogP contribution is -1.97. The highest BCUT2D eigenvalue weighted by atomic mass is 19.1. The Kier molecular flexibility index (Phi) is 5.47. The normalized spacial score (nSPS) is 11.6. The molecule has 0 heterocycles. The zero-order valence-electron chi connectivity index (χ0n) is 12.1. The number of aryl methyl sites for hydroxylation is 1. The van der Waals surface area contributed by atoms with Gasteiger partial charge in [-0.1, -0.05) is 25.5 Å². The van der Waals surface area contributed by atoms with Crippen molar-refractivity contribution in [3.05, 3.63) is 70.5 Å². The monoisotopic (exact) mass is 304 g/mol. The lowest BCUT2D eigenvalue weighted by Gasteiger charge is -2.03. The standard InChI is InChI=1S/C17H15F3N2/c1-2-3-13-8-16(19)15(17(20)9-13)11-22-21-10-12-4-6-14(18)7-5-12/h4-11H,2-3H2,1H3/b21-10+,22-11+. The van der Waals surface area contributed by atoms with Crippen LogP contribution in [-0.4, -0.2) is 12.4 Å². The molecular formula is C17H15F3N2.